The Labute approximate surface area is 204 Å². The smallest absolute Gasteiger partial charge is 0.407 e. The Hall–Kier alpha value is -3.43. The summed E-state index contributed by atoms with van der Waals surface area (Å²) in [6, 6.07) is 14.6. The lowest BCUT2D eigenvalue weighted by atomic mass is 9.98. The number of rotatable bonds is 9. The fraction of sp³-hybridized carbons (Fsp3) is 0.423. The predicted molar refractivity (Wildman–Crippen MR) is 129 cm³/mol. The third-order valence-corrected chi connectivity index (χ3v) is 6.48. The van der Waals surface area contributed by atoms with Gasteiger partial charge in [0, 0.05) is 12.5 Å². The van der Waals surface area contributed by atoms with Gasteiger partial charge in [-0.3, -0.25) is 4.79 Å². The summed E-state index contributed by atoms with van der Waals surface area (Å²) in [6.45, 7) is 0.939. The molecule has 1 heterocycles. The second-order valence-corrected chi connectivity index (χ2v) is 9.15. The molecule has 1 saturated heterocycles. The van der Waals surface area contributed by atoms with E-state index in [0.717, 1.165) is 22.3 Å². The molecule has 1 fully saturated rings. The summed E-state index contributed by atoms with van der Waals surface area (Å²) in [5, 5.41) is 14.7. The standard InChI is InChI=1S/C26H31N3O6/c1-29(2)13-11-22(24(30)27-21-12-14-34-23(21)25(31)32)28-26(33)35-15-20-18-9-5-3-7-16(18)17-8-4-6-10-19(17)20/h3-10,20-23H,11-15H2,1-2H3,(H,27,30)(H,28,33)(H,31,32)/t21-,22?,23+/m1/s1. The van der Waals surface area contributed by atoms with Crippen molar-refractivity contribution in [2.45, 2.75) is 36.9 Å². The number of nitrogens with one attached hydrogen (secondary N) is 2. The molecular formula is C26H31N3O6. The molecule has 1 aliphatic heterocycles. The molecule has 1 unspecified atom stereocenters. The molecular weight excluding hydrogens is 450 g/mol. The Bertz CT molecular complexity index is 1040. The highest BCUT2D eigenvalue weighted by molar-refractivity contribution is 5.87. The van der Waals surface area contributed by atoms with Crippen molar-refractivity contribution in [2.24, 2.45) is 0 Å². The maximum atomic E-state index is 13.0. The van der Waals surface area contributed by atoms with Gasteiger partial charge in [-0.1, -0.05) is 48.5 Å². The molecule has 9 heteroatoms. The third-order valence-electron chi connectivity index (χ3n) is 6.48. The van der Waals surface area contributed by atoms with Gasteiger partial charge in [0.25, 0.3) is 0 Å². The zero-order chi connectivity index (χ0) is 24.9. The minimum atomic E-state index is -1.12. The monoisotopic (exact) mass is 481 g/mol. The van der Waals surface area contributed by atoms with Crippen LogP contribution in [0.25, 0.3) is 11.1 Å². The minimum absolute atomic E-state index is 0.0887. The van der Waals surface area contributed by atoms with E-state index in [0.29, 0.717) is 19.4 Å². The average Bonchev–Trinajstić information content (AvgIpc) is 3.43. The molecule has 1 aliphatic carbocycles. The van der Waals surface area contributed by atoms with Gasteiger partial charge in [0.15, 0.2) is 6.10 Å². The summed E-state index contributed by atoms with van der Waals surface area (Å²) in [7, 11) is 3.74. The zero-order valence-electron chi connectivity index (χ0n) is 19.9. The summed E-state index contributed by atoms with van der Waals surface area (Å²) < 4.78 is 10.8. The van der Waals surface area contributed by atoms with Gasteiger partial charge in [-0.25, -0.2) is 9.59 Å². The molecule has 2 aromatic carbocycles. The van der Waals surface area contributed by atoms with Gasteiger partial charge in [-0.2, -0.15) is 0 Å². The van der Waals surface area contributed by atoms with Crippen molar-refractivity contribution in [3.63, 3.8) is 0 Å². The van der Waals surface area contributed by atoms with Crippen LogP contribution in [0.1, 0.15) is 29.9 Å². The van der Waals surface area contributed by atoms with Crippen LogP contribution in [0.5, 0.6) is 0 Å². The molecule has 4 rings (SSSR count). The van der Waals surface area contributed by atoms with Crippen LogP contribution < -0.4 is 10.6 Å². The van der Waals surface area contributed by atoms with E-state index in [1.807, 2.05) is 55.4 Å². The number of hydrogen-bond acceptors (Lipinski definition) is 6. The lowest BCUT2D eigenvalue weighted by Gasteiger charge is -2.23. The van der Waals surface area contributed by atoms with Crippen LogP contribution in [0.2, 0.25) is 0 Å². The van der Waals surface area contributed by atoms with Crippen molar-refractivity contribution in [1.82, 2.24) is 15.5 Å². The normalized spacial score (nSPS) is 19.6. The van der Waals surface area contributed by atoms with Crippen LogP contribution in [0.15, 0.2) is 48.5 Å². The molecule has 9 nitrogen and oxygen atoms in total. The maximum absolute atomic E-state index is 13.0. The van der Waals surface area contributed by atoms with Gasteiger partial charge in [-0.05, 0) is 55.7 Å². The van der Waals surface area contributed by atoms with Crippen LogP contribution in [-0.2, 0) is 19.1 Å². The van der Waals surface area contributed by atoms with Crippen molar-refractivity contribution in [3.8, 4) is 11.1 Å². The summed E-state index contributed by atoms with van der Waals surface area (Å²) >= 11 is 0. The van der Waals surface area contributed by atoms with Crippen LogP contribution >= 0.6 is 0 Å². The number of hydrogen-bond donors (Lipinski definition) is 3. The van der Waals surface area contributed by atoms with Gasteiger partial charge >= 0.3 is 12.1 Å². The number of nitrogens with zero attached hydrogens (tertiary/aromatic N) is 1. The van der Waals surface area contributed by atoms with E-state index in [2.05, 4.69) is 22.8 Å². The summed E-state index contributed by atoms with van der Waals surface area (Å²) in [5.41, 5.74) is 4.47. The first-order valence-corrected chi connectivity index (χ1v) is 11.8. The van der Waals surface area contributed by atoms with E-state index in [1.54, 1.807) is 0 Å². The number of aliphatic carboxylic acids is 1. The third kappa shape index (κ3) is 5.63. The molecule has 0 radical (unpaired) electrons. The lowest BCUT2D eigenvalue weighted by Crippen LogP contribution is -2.53. The number of benzene rings is 2. The van der Waals surface area contributed by atoms with Crippen molar-refractivity contribution < 1.29 is 29.0 Å². The topological polar surface area (TPSA) is 117 Å². The first-order chi connectivity index (χ1) is 16.8. The molecule has 186 valence electrons. The number of carbonyl (C=O) groups excluding carboxylic acids is 2. The molecule has 0 aromatic heterocycles. The minimum Gasteiger partial charge on any atom is -0.479 e. The number of carboxylic acids is 1. The molecule has 2 amide bonds. The molecule has 0 saturated carbocycles. The van der Waals surface area contributed by atoms with E-state index in [1.165, 1.54) is 0 Å². The Morgan fingerprint density at radius 2 is 1.71 bits per heavy atom. The first-order valence-electron chi connectivity index (χ1n) is 11.8. The second-order valence-electron chi connectivity index (χ2n) is 9.15. The molecule has 3 N–H and O–H groups in total. The molecule has 3 atom stereocenters. The van der Waals surface area contributed by atoms with Gasteiger partial charge in [0.1, 0.15) is 12.6 Å². The van der Waals surface area contributed by atoms with Gasteiger partial charge in [0.2, 0.25) is 5.91 Å². The van der Waals surface area contributed by atoms with Crippen molar-refractivity contribution in [2.75, 3.05) is 33.9 Å². The highest BCUT2D eigenvalue weighted by atomic mass is 16.5. The predicted octanol–water partition coefficient (Wildman–Crippen LogP) is 2.20. The van der Waals surface area contributed by atoms with E-state index < -0.39 is 36.2 Å². The van der Waals surface area contributed by atoms with Gasteiger partial charge in [-0.15, -0.1) is 0 Å². The molecule has 2 aromatic rings. The van der Waals surface area contributed by atoms with Crippen LogP contribution in [-0.4, -0.2) is 80.0 Å². The first kappa shape index (κ1) is 24.7. The van der Waals surface area contributed by atoms with Crippen LogP contribution in [0, 0.1) is 0 Å². The molecule has 0 spiro atoms. The van der Waals surface area contributed by atoms with Crippen LogP contribution in [0.4, 0.5) is 4.79 Å². The Morgan fingerprint density at radius 3 is 2.31 bits per heavy atom. The van der Waals surface area contributed by atoms with Gasteiger partial charge < -0.3 is 30.1 Å². The lowest BCUT2D eigenvalue weighted by molar-refractivity contribution is -0.148. The van der Waals surface area contributed by atoms with Crippen molar-refractivity contribution in [1.29, 1.82) is 0 Å². The molecule has 2 aliphatic rings. The van der Waals surface area contributed by atoms with E-state index in [-0.39, 0.29) is 19.1 Å². The summed E-state index contributed by atoms with van der Waals surface area (Å²) in [5.74, 6) is -1.67. The molecule has 0 bridgehead atoms. The number of alkyl carbamates (subject to hydrolysis) is 1. The Balaban J connectivity index is 1.40. The fourth-order valence-corrected chi connectivity index (χ4v) is 4.70. The highest BCUT2D eigenvalue weighted by Gasteiger charge is 2.37. The highest BCUT2D eigenvalue weighted by Crippen LogP contribution is 2.44. The maximum Gasteiger partial charge on any atom is 0.407 e. The Kier molecular flexibility index (Phi) is 7.67. The van der Waals surface area contributed by atoms with Gasteiger partial charge in [0.05, 0.1) is 6.04 Å². The van der Waals surface area contributed by atoms with E-state index in [4.69, 9.17) is 9.47 Å². The number of ether oxygens (including phenoxy) is 2. The summed E-state index contributed by atoms with van der Waals surface area (Å²) in [4.78, 5) is 39.0. The summed E-state index contributed by atoms with van der Waals surface area (Å²) in [6.07, 6.45) is -1.05. The van der Waals surface area contributed by atoms with Crippen molar-refractivity contribution in [3.05, 3.63) is 59.7 Å². The number of fused-ring (bicyclic) bond motifs is 3. The molecule has 35 heavy (non-hydrogen) atoms. The largest absolute Gasteiger partial charge is 0.479 e. The number of amides is 2. The number of carboxylic acid groups (broad SMARTS) is 1. The zero-order valence-corrected chi connectivity index (χ0v) is 19.9. The SMILES string of the molecule is CN(C)CCC(NC(=O)OCC1c2ccccc2-c2ccccc21)C(=O)N[C@@H]1CCO[C@@H]1C(=O)O. The number of carbonyl (C=O) groups is 3. The van der Waals surface area contributed by atoms with Crippen molar-refractivity contribution >= 4 is 18.0 Å². The second kappa shape index (κ2) is 10.9. The average molecular weight is 482 g/mol. The van der Waals surface area contributed by atoms with Crippen LogP contribution in [0.3, 0.4) is 0 Å². The Morgan fingerprint density at radius 1 is 1.09 bits per heavy atom. The fourth-order valence-electron chi connectivity index (χ4n) is 4.70. The van der Waals surface area contributed by atoms with E-state index >= 15 is 0 Å². The van der Waals surface area contributed by atoms with E-state index in [9.17, 15) is 19.5 Å². The quantitative estimate of drug-likeness (QED) is 0.503.